The largest absolute Gasteiger partial charge is 0.466 e. The second kappa shape index (κ2) is 9.89. The monoisotopic (exact) mass is 458 g/mol. The molecule has 1 amide bonds. The summed E-state index contributed by atoms with van der Waals surface area (Å²) in [4.78, 5) is 38.3. The van der Waals surface area contributed by atoms with Crippen LogP contribution in [0, 0.1) is 0 Å². The van der Waals surface area contributed by atoms with E-state index in [9.17, 15) is 18.6 Å². The minimum Gasteiger partial charge on any atom is -0.466 e. The van der Waals surface area contributed by atoms with E-state index in [1.807, 2.05) is 0 Å². The summed E-state index contributed by atoms with van der Waals surface area (Å²) in [6.07, 6.45) is 4.41. The molecule has 0 aromatic rings. The van der Waals surface area contributed by atoms with Gasteiger partial charge < -0.3 is 14.8 Å². The Balaban J connectivity index is 2.06. The highest BCUT2D eigenvalue weighted by Gasteiger charge is 2.42. The summed E-state index contributed by atoms with van der Waals surface area (Å²) in [7, 11) is 3.53. The molecule has 1 saturated heterocycles. The molecule has 30 heavy (non-hydrogen) atoms. The van der Waals surface area contributed by atoms with Gasteiger partial charge in [0.1, 0.15) is 17.4 Å². The third-order valence-electron chi connectivity index (χ3n) is 4.36. The van der Waals surface area contributed by atoms with Crippen molar-refractivity contribution < 1.29 is 28.1 Å². The van der Waals surface area contributed by atoms with Crippen LogP contribution in [0.4, 0.5) is 0 Å². The fraction of sp³-hybridized carbons (Fsp3) is 0.550. The van der Waals surface area contributed by atoms with Crippen LogP contribution in [0.25, 0.3) is 0 Å². The first-order valence-corrected chi connectivity index (χ1v) is 11.5. The topological polar surface area (TPSA) is 102 Å². The summed E-state index contributed by atoms with van der Waals surface area (Å²) in [5.74, 6) is -1.00. The minimum absolute atomic E-state index is 0.103. The maximum Gasteiger partial charge on any atom is 0.328 e. The third-order valence-corrected chi connectivity index (χ3v) is 5.49. The SMILES string of the molecule is C=C(C)C(C(=O)OC(C)(C)C)N1CCC1NC(=O)C(OC1=CCC(=O)C=C1)S(=O)Cl. The summed E-state index contributed by atoms with van der Waals surface area (Å²) in [6, 6.07) is -0.723. The van der Waals surface area contributed by atoms with Crippen molar-refractivity contribution in [1.82, 2.24) is 10.2 Å². The zero-order valence-corrected chi connectivity index (χ0v) is 19.0. The van der Waals surface area contributed by atoms with Crippen LogP contribution in [0.2, 0.25) is 0 Å². The molecule has 166 valence electrons. The van der Waals surface area contributed by atoms with Crippen molar-refractivity contribution in [3.8, 4) is 0 Å². The number of ketones is 1. The Morgan fingerprint density at radius 3 is 2.47 bits per heavy atom. The first-order valence-electron chi connectivity index (χ1n) is 9.48. The van der Waals surface area contributed by atoms with Crippen LogP contribution in [0.5, 0.6) is 0 Å². The zero-order valence-electron chi connectivity index (χ0n) is 17.5. The van der Waals surface area contributed by atoms with Crippen molar-refractivity contribution >= 4 is 38.4 Å². The van der Waals surface area contributed by atoms with Crippen molar-refractivity contribution in [3.63, 3.8) is 0 Å². The van der Waals surface area contributed by atoms with Crippen molar-refractivity contribution in [3.05, 3.63) is 36.1 Å². The fourth-order valence-corrected chi connectivity index (χ4v) is 3.75. The van der Waals surface area contributed by atoms with Gasteiger partial charge in [-0.15, -0.1) is 0 Å². The number of nitrogens with zero attached hydrogens (tertiary/aromatic N) is 1. The quantitative estimate of drug-likeness (QED) is 0.337. The molecule has 4 unspecified atom stereocenters. The zero-order chi connectivity index (χ0) is 22.6. The number of rotatable bonds is 8. The van der Waals surface area contributed by atoms with Crippen molar-refractivity contribution in [2.24, 2.45) is 0 Å². The molecule has 0 radical (unpaired) electrons. The maximum absolute atomic E-state index is 12.7. The molecule has 0 spiro atoms. The number of esters is 1. The van der Waals surface area contributed by atoms with Crippen molar-refractivity contribution in [1.29, 1.82) is 0 Å². The lowest BCUT2D eigenvalue weighted by atomic mass is 10.0. The van der Waals surface area contributed by atoms with Gasteiger partial charge in [0, 0.05) is 13.0 Å². The van der Waals surface area contributed by atoms with Crippen LogP contribution < -0.4 is 5.32 Å². The average Bonchev–Trinajstić information content (AvgIpc) is 2.60. The fourth-order valence-electron chi connectivity index (χ4n) is 2.98. The lowest BCUT2D eigenvalue weighted by Gasteiger charge is -2.45. The van der Waals surface area contributed by atoms with Gasteiger partial charge in [0.2, 0.25) is 0 Å². The Kier molecular flexibility index (Phi) is 8.01. The Morgan fingerprint density at radius 2 is 2.03 bits per heavy atom. The number of halogens is 1. The van der Waals surface area contributed by atoms with E-state index in [0.717, 1.165) is 0 Å². The predicted molar refractivity (Wildman–Crippen MR) is 113 cm³/mol. The van der Waals surface area contributed by atoms with E-state index in [2.05, 4.69) is 11.9 Å². The van der Waals surface area contributed by atoms with Crippen LogP contribution in [0.3, 0.4) is 0 Å². The first kappa shape index (κ1) is 24.3. The second-order valence-electron chi connectivity index (χ2n) is 8.14. The van der Waals surface area contributed by atoms with Crippen molar-refractivity contribution in [2.45, 2.75) is 63.8 Å². The van der Waals surface area contributed by atoms with Crippen LogP contribution in [-0.2, 0) is 33.9 Å². The third kappa shape index (κ3) is 6.52. The minimum atomic E-state index is -2.14. The van der Waals surface area contributed by atoms with Crippen LogP contribution in [-0.4, -0.2) is 56.6 Å². The lowest BCUT2D eigenvalue weighted by molar-refractivity contribution is -0.164. The van der Waals surface area contributed by atoms with Crippen LogP contribution in [0.1, 0.15) is 40.5 Å². The molecule has 8 nitrogen and oxygen atoms in total. The molecule has 1 heterocycles. The molecule has 1 N–H and O–H groups in total. The van der Waals surface area contributed by atoms with Gasteiger partial charge in [-0.3, -0.25) is 14.5 Å². The van der Waals surface area contributed by atoms with E-state index in [1.165, 1.54) is 18.2 Å². The number of carbonyl (C=O) groups is 3. The highest BCUT2D eigenvalue weighted by atomic mass is 35.7. The summed E-state index contributed by atoms with van der Waals surface area (Å²) >= 11 is 0. The molecule has 2 aliphatic rings. The molecular formula is C20H27ClN2O6S. The maximum atomic E-state index is 12.7. The highest BCUT2D eigenvalue weighted by Crippen LogP contribution is 2.25. The normalized spacial score (nSPS) is 22.2. The molecule has 0 bridgehead atoms. The number of likely N-dealkylation sites (tertiary alicyclic amines) is 1. The molecule has 1 fully saturated rings. The second-order valence-corrected chi connectivity index (χ2v) is 9.98. The number of carbonyl (C=O) groups excluding carboxylic acids is 3. The lowest BCUT2D eigenvalue weighted by Crippen LogP contribution is -2.64. The van der Waals surface area contributed by atoms with E-state index >= 15 is 0 Å². The first-order chi connectivity index (χ1) is 13.9. The number of nitrogens with one attached hydrogen (secondary N) is 1. The number of hydrogen-bond donors (Lipinski definition) is 1. The summed E-state index contributed by atoms with van der Waals surface area (Å²) in [5.41, 5.74) is -1.55. The van der Waals surface area contributed by atoms with Gasteiger partial charge in [-0.2, -0.15) is 0 Å². The highest BCUT2D eigenvalue weighted by molar-refractivity contribution is 8.09. The average molecular weight is 459 g/mol. The van der Waals surface area contributed by atoms with E-state index in [0.29, 0.717) is 18.5 Å². The van der Waals surface area contributed by atoms with Gasteiger partial charge in [0.15, 0.2) is 15.8 Å². The molecule has 0 aromatic carbocycles. The van der Waals surface area contributed by atoms with E-state index < -0.39 is 45.1 Å². The molecule has 0 aromatic heterocycles. The van der Waals surface area contributed by atoms with E-state index in [-0.39, 0.29) is 18.0 Å². The van der Waals surface area contributed by atoms with Crippen LogP contribution in [0.15, 0.2) is 36.1 Å². The molecular weight excluding hydrogens is 432 g/mol. The van der Waals surface area contributed by atoms with E-state index in [4.69, 9.17) is 20.2 Å². The Bertz CT molecular complexity index is 817. The Hall–Kier alpha value is -1.97. The number of allylic oxidation sites excluding steroid dienone is 3. The number of amides is 1. The number of hydrogen-bond acceptors (Lipinski definition) is 7. The Labute approximate surface area is 183 Å². The molecule has 1 aliphatic heterocycles. The summed E-state index contributed by atoms with van der Waals surface area (Å²) in [6.45, 7) is 11.5. The van der Waals surface area contributed by atoms with Gasteiger partial charge in [-0.25, -0.2) is 9.00 Å². The molecule has 0 saturated carbocycles. The van der Waals surface area contributed by atoms with Crippen LogP contribution >= 0.6 is 10.7 Å². The molecule has 1 aliphatic carbocycles. The number of ether oxygens (including phenoxy) is 2. The van der Waals surface area contributed by atoms with Gasteiger partial charge in [0.05, 0.1) is 6.17 Å². The summed E-state index contributed by atoms with van der Waals surface area (Å²) in [5, 5.41) is 2.72. The Morgan fingerprint density at radius 1 is 1.37 bits per heavy atom. The van der Waals surface area contributed by atoms with Crippen molar-refractivity contribution in [2.75, 3.05) is 6.54 Å². The smallest absolute Gasteiger partial charge is 0.328 e. The van der Waals surface area contributed by atoms with Gasteiger partial charge >= 0.3 is 5.97 Å². The molecule has 10 heteroatoms. The van der Waals surface area contributed by atoms with Gasteiger partial charge in [0.25, 0.3) is 11.3 Å². The molecule has 2 rings (SSSR count). The van der Waals surface area contributed by atoms with E-state index in [1.54, 1.807) is 32.6 Å². The molecule has 4 atom stereocenters. The predicted octanol–water partition coefficient (Wildman–Crippen LogP) is 2.08. The van der Waals surface area contributed by atoms with Gasteiger partial charge in [-0.05, 0) is 63.0 Å². The standard InChI is InChI=1S/C20H27ClN2O6S/c1-12(2)16(18(26)29-20(3,4)5)23-11-10-15(23)22-17(25)19(30(21)27)28-14-8-6-13(24)7-9-14/h6,8-9,15-16,19H,1,7,10-11H2,2-5H3,(H,22,25). The van der Waals surface area contributed by atoms with Gasteiger partial charge in [-0.1, -0.05) is 12.2 Å². The summed E-state index contributed by atoms with van der Waals surface area (Å²) < 4.78 is 22.8.